The zero-order valence-corrected chi connectivity index (χ0v) is 7.69. The number of carboxylic acids is 1. The average molecular weight is 187 g/mol. The van der Waals surface area contributed by atoms with Crippen LogP contribution < -0.4 is 0 Å². The third-order valence-electron chi connectivity index (χ3n) is 1.14. The van der Waals surface area contributed by atoms with E-state index in [1.807, 2.05) is 19.0 Å². The van der Waals surface area contributed by atoms with Crippen LogP contribution in [0.3, 0.4) is 0 Å². The molecule has 0 bridgehead atoms. The molecular formula is C8H13NO4. The molecule has 1 N–H and O–H groups in total. The largest absolute Gasteiger partial charge is 0.478 e. The topological polar surface area (TPSA) is 66.8 Å². The molecule has 74 valence electrons. The van der Waals surface area contributed by atoms with Crippen molar-refractivity contribution in [3.8, 4) is 0 Å². The SMILES string of the molecule is CN(C)CCOC(=O)/C=C/C(=O)O. The molecule has 0 aromatic heterocycles. The first-order valence-corrected chi connectivity index (χ1v) is 3.75. The molecule has 0 saturated carbocycles. The second-order valence-electron chi connectivity index (χ2n) is 2.64. The predicted molar refractivity (Wildman–Crippen MR) is 46.3 cm³/mol. The average Bonchev–Trinajstić information content (AvgIpc) is 2.00. The molecule has 0 aliphatic carbocycles. The highest BCUT2D eigenvalue weighted by molar-refractivity contribution is 5.90. The van der Waals surface area contributed by atoms with Crippen LogP contribution in [0.2, 0.25) is 0 Å². The van der Waals surface area contributed by atoms with Crippen molar-refractivity contribution in [3.63, 3.8) is 0 Å². The Morgan fingerprint density at radius 2 is 2.00 bits per heavy atom. The fourth-order valence-corrected chi connectivity index (χ4v) is 0.516. The van der Waals surface area contributed by atoms with Crippen LogP contribution >= 0.6 is 0 Å². The van der Waals surface area contributed by atoms with E-state index in [-0.39, 0.29) is 6.61 Å². The number of ether oxygens (including phenoxy) is 1. The summed E-state index contributed by atoms with van der Waals surface area (Å²) in [5.74, 6) is -1.80. The van der Waals surface area contributed by atoms with Gasteiger partial charge in [0.05, 0.1) is 0 Å². The number of esters is 1. The number of nitrogens with zero attached hydrogens (tertiary/aromatic N) is 1. The van der Waals surface area contributed by atoms with E-state index in [1.165, 1.54) is 0 Å². The lowest BCUT2D eigenvalue weighted by Gasteiger charge is -2.08. The van der Waals surface area contributed by atoms with Gasteiger partial charge in [0.1, 0.15) is 6.61 Å². The Morgan fingerprint density at radius 1 is 1.38 bits per heavy atom. The Kier molecular flexibility index (Phi) is 5.54. The van der Waals surface area contributed by atoms with E-state index in [1.54, 1.807) is 0 Å². The summed E-state index contributed by atoms with van der Waals surface area (Å²) >= 11 is 0. The quantitative estimate of drug-likeness (QED) is 0.474. The van der Waals surface area contributed by atoms with E-state index in [9.17, 15) is 9.59 Å². The predicted octanol–water partition coefficient (Wildman–Crippen LogP) is -0.268. The van der Waals surface area contributed by atoms with E-state index >= 15 is 0 Å². The van der Waals surface area contributed by atoms with Gasteiger partial charge in [0.2, 0.25) is 0 Å². The summed E-state index contributed by atoms with van der Waals surface area (Å²) < 4.78 is 4.67. The first-order chi connectivity index (χ1) is 6.02. The minimum Gasteiger partial charge on any atom is -0.478 e. The monoisotopic (exact) mass is 187 g/mol. The van der Waals surface area contributed by atoms with Gasteiger partial charge in [0, 0.05) is 18.7 Å². The van der Waals surface area contributed by atoms with Crippen LogP contribution in [-0.4, -0.2) is 49.2 Å². The van der Waals surface area contributed by atoms with Gasteiger partial charge in [-0.25, -0.2) is 9.59 Å². The molecule has 0 aromatic rings. The maximum absolute atomic E-state index is 10.7. The number of carbonyl (C=O) groups is 2. The summed E-state index contributed by atoms with van der Waals surface area (Å²) in [6, 6.07) is 0. The van der Waals surface area contributed by atoms with Gasteiger partial charge in [0.15, 0.2) is 0 Å². The van der Waals surface area contributed by atoms with Gasteiger partial charge in [-0.2, -0.15) is 0 Å². The molecule has 0 heterocycles. The highest BCUT2D eigenvalue weighted by Gasteiger charge is 1.98. The summed E-state index contributed by atoms with van der Waals surface area (Å²) in [5, 5.41) is 8.17. The molecule has 0 amide bonds. The number of aliphatic carboxylic acids is 1. The molecule has 0 radical (unpaired) electrons. The lowest BCUT2D eigenvalue weighted by atomic mass is 10.5. The summed E-state index contributed by atoms with van der Waals surface area (Å²) in [6.45, 7) is 0.877. The minimum atomic E-state index is -1.16. The maximum Gasteiger partial charge on any atom is 0.331 e. The number of hydrogen-bond acceptors (Lipinski definition) is 4. The lowest BCUT2D eigenvalue weighted by molar-refractivity contribution is -0.139. The highest BCUT2D eigenvalue weighted by Crippen LogP contribution is 1.83. The molecular weight excluding hydrogens is 174 g/mol. The first kappa shape index (κ1) is 11.6. The van der Waals surface area contributed by atoms with E-state index in [0.29, 0.717) is 6.54 Å². The van der Waals surface area contributed by atoms with Crippen molar-refractivity contribution in [3.05, 3.63) is 12.2 Å². The van der Waals surface area contributed by atoms with Gasteiger partial charge in [-0.15, -0.1) is 0 Å². The Hall–Kier alpha value is -1.36. The summed E-state index contributed by atoms with van der Waals surface area (Å²) in [4.78, 5) is 22.6. The van der Waals surface area contributed by atoms with Gasteiger partial charge in [-0.1, -0.05) is 0 Å². The number of rotatable bonds is 5. The summed E-state index contributed by atoms with van der Waals surface area (Å²) in [5.41, 5.74) is 0. The van der Waals surface area contributed by atoms with Crippen molar-refractivity contribution in [1.29, 1.82) is 0 Å². The van der Waals surface area contributed by atoms with Crippen molar-refractivity contribution >= 4 is 11.9 Å². The number of carboxylic acid groups (broad SMARTS) is 1. The second kappa shape index (κ2) is 6.19. The van der Waals surface area contributed by atoms with E-state index in [0.717, 1.165) is 12.2 Å². The van der Waals surface area contributed by atoms with E-state index in [2.05, 4.69) is 4.74 Å². The molecule has 0 aliphatic rings. The van der Waals surface area contributed by atoms with Crippen LogP contribution in [0.1, 0.15) is 0 Å². The van der Waals surface area contributed by atoms with Crippen molar-refractivity contribution < 1.29 is 19.4 Å². The molecule has 0 saturated heterocycles. The van der Waals surface area contributed by atoms with Crippen molar-refractivity contribution in [2.24, 2.45) is 0 Å². The summed E-state index contributed by atoms with van der Waals surface area (Å²) in [6.07, 6.45) is 1.63. The third-order valence-corrected chi connectivity index (χ3v) is 1.14. The molecule has 13 heavy (non-hydrogen) atoms. The van der Waals surface area contributed by atoms with Crippen LogP contribution in [0.15, 0.2) is 12.2 Å². The van der Waals surface area contributed by atoms with Crippen LogP contribution in [0.4, 0.5) is 0 Å². The molecule has 0 fully saturated rings. The smallest absolute Gasteiger partial charge is 0.331 e. The maximum atomic E-state index is 10.7. The minimum absolute atomic E-state index is 0.260. The van der Waals surface area contributed by atoms with Crippen molar-refractivity contribution in [2.45, 2.75) is 0 Å². The normalized spacial score (nSPS) is 10.7. The lowest BCUT2D eigenvalue weighted by Crippen LogP contribution is -2.19. The zero-order valence-electron chi connectivity index (χ0n) is 7.69. The number of hydrogen-bond donors (Lipinski definition) is 1. The van der Waals surface area contributed by atoms with Gasteiger partial charge in [-0.3, -0.25) is 0 Å². The van der Waals surface area contributed by atoms with Crippen LogP contribution in [0, 0.1) is 0 Å². The molecule has 0 aromatic carbocycles. The van der Waals surface area contributed by atoms with Crippen molar-refractivity contribution in [2.75, 3.05) is 27.2 Å². The van der Waals surface area contributed by atoms with Crippen LogP contribution in [0.25, 0.3) is 0 Å². The van der Waals surface area contributed by atoms with Crippen molar-refractivity contribution in [1.82, 2.24) is 4.90 Å². The fourth-order valence-electron chi connectivity index (χ4n) is 0.516. The third kappa shape index (κ3) is 8.55. The molecule has 0 rings (SSSR count). The standard InChI is InChI=1S/C8H13NO4/c1-9(2)5-6-13-8(12)4-3-7(10)11/h3-4H,5-6H2,1-2H3,(H,10,11)/b4-3+. The molecule has 0 aliphatic heterocycles. The Labute approximate surface area is 76.6 Å². The fraction of sp³-hybridized carbons (Fsp3) is 0.500. The number of carbonyl (C=O) groups excluding carboxylic acids is 1. The molecule has 5 nitrogen and oxygen atoms in total. The van der Waals surface area contributed by atoms with Crippen LogP contribution in [-0.2, 0) is 14.3 Å². The Bertz CT molecular complexity index is 210. The van der Waals surface area contributed by atoms with Gasteiger partial charge in [-0.05, 0) is 14.1 Å². The zero-order chi connectivity index (χ0) is 10.3. The first-order valence-electron chi connectivity index (χ1n) is 3.75. The van der Waals surface area contributed by atoms with Gasteiger partial charge < -0.3 is 14.7 Å². The van der Waals surface area contributed by atoms with E-state index in [4.69, 9.17) is 5.11 Å². The second-order valence-corrected chi connectivity index (χ2v) is 2.64. The summed E-state index contributed by atoms with van der Waals surface area (Å²) in [7, 11) is 3.70. The van der Waals surface area contributed by atoms with Gasteiger partial charge >= 0.3 is 11.9 Å². The van der Waals surface area contributed by atoms with Crippen LogP contribution in [0.5, 0.6) is 0 Å². The molecule has 0 unspecified atom stereocenters. The molecule has 0 spiro atoms. The highest BCUT2D eigenvalue weighted by atomic mass is 16.5. The Morgan fingerprint density at radius 3 is 2.46 bits per heavy atom. The molecule has 5 heteroatoms. The Balaban J connectivity index is 3.58. The molecule has 0 atom stereocenters. The number of likely N-dealkylation sites (N-methyl/N-ethyl adjacent to an activating group) is 1. The van der Waals surface area contributed by atoms with E-state index < -0.39 is 11.9 Å². The van der Waals surface area contributed by atoms with Gasteiger partial charge in [0.25, 0.3) is 0 Å².